The molecule has 1 aromatic carbocycles. The van der Waals surface area contributed by atoms with Crippen LogP contribution in [-0.2, 0) is 6.54 Å². The first-order valence-corrected chi connectivity index (χ1v) is 6.32. The molecule has 0 saturated carbocycles. The molecule has 1 aromatic heterocycles. The van der Waals surface area contributed by atoms with Gasteiger partial charge in [0.15, 0.2) is 0 Å². The summed E-state index contributed by atoms with van der Waals surface area (Å²) in [5, 5.41) is 7.01. The molecule has 0 aliphatic heterocycles. The summed E-state index contributed by atoms with van der Waals surface area (Å²) in [5.41, 5.74) is 6.70. The van der Waals surface area contributed by atoms with E-state index in [1.54, 1.807) is 29.1 Å². The van der Waals surface area contributed by atoms with Crippen LogP contribution in [0.15, 0.2) is 36.7 Å². The molecule has 1 unspecified atom stereocenters. The van der Waals surface area contributed by atoms with E-state index in [2.05, 4.69) is 10.4 Å². The van der Waals surface area contributed by atoms with Crippen molar-refractivity contribution in [1.82, 2.24) is 15.1 Å². The molecule has 6 nitrogen and oxygen atoms in total. The number of hydrogen-bond donors (Lipinski definition) is 2. The molecule has 3 N–H and O–H groups in total. The first-order valence-electron chi connectivity index (χ1n) is 6.32. The first-order chi connectivity index (χ1) is 9.60. The summed E-state index contributed by atoms with van der Waals surface area (Å²) in [7, 11) is 1.51. The van der Waals surface area contributed by atoms with Gasteiger partial charge in [-0.1, -0.05) is 0 Å². The number of carbonyl (C=O) groups excluding carboxylic acids is 1. The van der Waals surface area contributed by atoms with Gasteiger partial charge in [0.25, 0.3) is 5.91 Å². The smallest absolute Gasteiger partial charge is 0.255 e. The molecule has 0 saturated heterocycles. The molecule has 0 aliphatic carbocycles. The van der Waals surface area contributed by atoms with Gasteiger partial charge in [0.2, 0.25) is 0 Å². The van der Waals surface area contributed by atoms with Gasteiger partial charge in [0.1, 0.15) is 5.75 Å². The number of hydrogen-bond acceptors (Lipinski definition) is 4. The number of rotatable bonds is 5. The Labute approximate surface area is 117 Å². The van der Waals surface area contributed by atoms with Crippen molar-refractivity contribution in [2.75, 3.05) is 12.8 Å². The molecule has 0 spiro atoms. The Bertz CT molecular complexity index is 581. The average Bonchev–Trinajstić information content (AvgIpc) is 2.90. The number of carbonyl (C=O) groups is 1. The van der Waals surface area contributed by atoms with Gasteiger partial charge < -0.3 is 15.8 Å². The Morgan fingerprint density at radius 1 is 1.55 bits per heavy atom. The highest BCUT2D eigenvalue weighted by Crippen LogP contribution is 2.21. The van der Waals surface area contributed by atoms with Crippen molar-refractivity contribution in [3.8, 4) is 5.75 Å². The molecule has 0 fully saturated rings. The normalized spacial score (nSPS) is 11.9. The van der Waals surface area contributed by atoms with Gasteiger partial charge in [-0.3, -0.25) is 9.48 Å². The highest BCUT2D eigenvalue weighted by Gasteiger charge is 2.15. The summed E-state index contributed by atoms with van der Waals surface area (Å²) in [6.07, 6.45) is 3.56. The molecule has 106 valence electrons. The van der Waals surface area contributed by atoms with Gasteiger partial charge in [-0.05, 0) is 25.1 Å². The number of methoxy groups -OCH3 is 1. The second-order valence-corrected chi connectivity index (χ2v) is 4.56. The molecular weight excluding hydrogens is 256 g/mol. The van der Waals surface area contributed by atoms with Crippen LogP contribution < -0.4 is 15.8 Å². The maximum atomic E-state index is 12.2. The highest BCUT2D eigenvalue weighted by molar-refractivity contribution is 5.97. The van der Waals surface area contributed by atoms with Crippen LogP contribution in [0.3, 0.4) is 0 Å². The number of nitrogens with two attached hydrogens (primary N) is 1. The van der Waals surface area contributed by atoms with Crippen molar-refractivity contribution in [1.29, 1.82) is 0 Å². The molecule has 0 radical (unpaired) electrons. The van der Waals surface area contributed by atoms with Gasteiger partial charge in [-0.15, -0.1) is 0 Å². The molecule has 20 heavy (non-hydrogen) atoms. The molecule has 2 aromatic rings. The van der Waals surface area contributed by atoms with Crippen LogP contribution in [0.25, 0.3) is 0 Å². The molecule has 6 heteroatoms. The number of amides is 1. The van der Waals surface area contributed by atoms with E-state index in [1.807, 2.05) is 19.2 Å². The average molecular weight is 274 g/mol. The fourth-order valence-corrected chi connectivity index (χ4v) is 1.93. The van der Waals surface area contributed by atoms with Crippen LogP contribution in [0.4, 0.5) is 5.69 Å². The van der Waals surface area contributed by atoms with Crippen molar-refractivity contribution in [3.63, 3.8) is 0 Å². The standard InChI is InChI=1S/C14H18N4O2/c1-10(9-18-7-3-6-16-18)17-14(19)12-5-4-11(15)8-13(12)20-2/h3-8,10H,9,15H2,1-2H3,(H,17,19). The monoisotopic (exact) mass is 274 g/mol. The zero-order chi connectivity index (χ0) is 14.5. The quantitative estimate of drug-likeness (QED) is 0.805. The Balaban J connectivity index is 2.04. The lowest BCUT2D eigenvalue weighted by atomic mass is 10.1. The summed E-state index contributed by atoms with van der Waals surface area (Å²) in [5.74, 6) is 0.273. The van der Waals surface area contributed by atoms with E-state index in [9.17, 15) is 4.79 Å². The third-order valence-electron chi connectivity index (χ3n) is 2.87. The van der Waals surface area contributed by atoms with E-state index < -0.39 is 0 Å². The molecule has 0 aliphatic rings. The summed E-state index contributed by atoms with van der Waals surface area (Å²) in [6.45, 7) is 2.53. The highest BCUT2D eigenvalue weighted by atomic mass is 16.5. The third kappa shape index (κ3) is 3.28. The maximum Gasteiger partial charge on any atom is 0.255 e. The van der Waals surface area contributed by atoms with E-state index in [4.69, 9.17) is 10.5 Å². The fourth-order valence-electron chi connectivity index (χ4n) is 1.93. The third-order valence-corrected chi connectivity index (χ3v) is 2.87. The van der Waals surface area contributed by atoms with Crippen LogP contribution >= 0.6 is 0 Å². The predicted molar refractivity (Wildman–Crippen MR) is 76.6 cm³/mol. The summed E-state index contributed by atoms with van der Waals surface area (Å²) in [4.78, 5) is 12.2. The van der Waals surface area contributed by atoms with Crippen molar-refractivity contribution >= 4 is 11.6 Å². The second-order valence-electron chi connectivity index (χ2n) is 4.56. The van der Waals surface area contributed by atoms with E-state index >= 15 is 0 Å². The molecule has 0 bridgehead atoms. The Hall–Kier alpha value is -2.50. The van der Waals surface area contributed by atoms with Gasteiger partial charge in [-0.25, -0.2) is 0 Å². The number of benzene rings is 1. The minimum Gasteiger partial charge on any atom is -0.496 e. The minimum atomic E-state index is -0.193. The fraction of sp³-hybridized carbons (Fsp3) is 0.286. The lowest BCUT2D eigenvalue weighted by Gasteiger charge is -2.15. The molecule has 1 heterocycles. The molecular formula is C14H18N4O2. The number of anilines is 1. The van der Waals surface area contributed by atoms with Crippen LogP contribution in [0, 0.1) is 0 Å². The summed E-state index contributed by atoms with van der Waals surface area (Å²) in [6, 6.07) is 6.76. The lowest BCUT2D eigenvalue weighted by molar-refractivity contribution is 0.0933. The number of nitrogens with zero attached hydrogens (tertiary/aromatic N) is 2. The lowest BCUT2D eigenvalue weighted by Crippen LogP contribution is -2.36. The SMILES string of the molecule is COc1cc(N)ccc1C(=O)NC(C)Cn1cccn1. The van der Waals surface area contributed by atoms with Crippen LogP contribution in [0.5, 0.6) is 5.75 Å². The van der Waals surface area contributed by atoms with E-state index in [-0.39, 0.29) is 11.9 Å². The second kappa shape index (κ2) is 6.10. The molecule has 2 rings (SSSR count). The zero-order valence-corrected chi connectivity index (χ0v) is 11.5. The van der Waals surface area contributed by atoms with Gasteiger partial charge >= 0.3 is 0 Å². The van der Waals surface area contributed by atoms with E-state index in [1.165, 1.54) is 7.11 Å². The Kier molecular flexibility index (Phi) is 4.24. The van der Waals surface area contributed by atoms with Crippen molar-refractivity contribution in [2.24, 2.45) is 0 Å². The van der Waals surface area contributed by atoms with Crippen LogP contribution in [-0.4, -0.2) is 28.8 Å². The van der Waals surface area contributed by atoms with Crippen molar-refractivity contribution in [3.05, 3.63) is 42.2 Å². The van der Waals surface area contributed by atoms with Crippen LogP contribution in [0.2, 0.25) is 0 Å². The predicted octanol–water partition coefficient (Wildman–Crippen LogP) is 1.29. The molecule has 1 atom stereocenters. The largest absolute Gasteiger partial charge is 0.496 e. The van der Waals surface area contributed by atoms with Crippen LogP contribution in [0.1, 0.15) is 17.3 Å². The van der Waals surface area contributed by atoms with Gasteiger partial charge in [0.05, 0.1) is 19.2 Å². The molecule has 1 amide bonds. The van der Waals surface area contributed by atoms with Gasteiger partial charge in [0, 0.05) is 30.2 Å². The number of nitrogens with one attached hydrogen (secondary N) is 1. The van der Waals surface area contributed by atoms with Crippen molar-refractivity contribution in [2.45, 2.75) is 19.5 Å². The minimum absolute atomic E-state index is 0.0512. The first kappa shape index (κ1) is 13.9. The van der Waals surface area contributed by atoms with E-state index in [0.29, 0.717) is 23.5 Å². The summed E-state index contributed by atoms with van der Waals surface area (Å²) >= 11 is 0. The Morgan fingerprint density at radius 2 is 2.35 bits per heavy atom. The Morgan fingerprint density at radius 3 is 3.00 bits per heavy atom. The maximum absolute atomic E-state index is 12.2. The summed E-state index contributed by atoms with van der Waals surface area (Å²) < 4.78 is 6.95. The topological polar surface area (TPSA) is 82.2 Å². The van der Waals surface area contributed by atoms with Gasteiger partial charge in [-0.2, -0.15) is 5.10 Å². The number of ether oxygens (including phenoxy) is 1. The number of nitrogen functional groups attached to an aromatic ring is 1. The zero-order valence-electron chi connectivity index (χ0n) is 11.5. The van der Waals surface area contributed by atoms with E-state index in [0.717, 1.165) is 0 Å². The number of aromatic nitrogens is 2. The van der Waals surface area contributed by atoms with Crippen molar-refractivity contribution < 1.29 is 9.53 Å².